The molecular weight excluding hydrogens is 350 g/mol. The zero-order chi connectivity index (χ0) is 18.6. The molecule has 2 aromatic carbocycles. The number of hydrogen-bond donors (Lipinski definition) is 1. The van der Waals surface area contributed by atoms with Crippen molar-refractivity contribution < 1.29 is 23.4 Å². The highest BCUT2D eigenvalue weighted by Crippen LogP contribution is 2.35. The molecule has 4 rings (SSSR count). The summed E-state index contributed by atoms with van der Waals surface area (Å²) >= 11 is 0. The number of aromatic nitrogens is 2. The molecule has 1 amide bonds. The van der Waals surface area contributed by atoms with Gasteiger partial charge in [-0.25, -0.2) is 0 Å². The van der Waals surface area contributed by atoms with E-state index in [2.05, 4.69) is 15.5 Å². The van der Waals surface area contributed by atoms with Gasteiger partial charge in [0.25, 0.3) is 5.91 Å². The molecule has 8 nitrogen and oxygen atoms in total. The third kappa shape index (κ3) is 3.84. The summed E-state index contributed by atoms with van der Waals surface area (Å²) in [4.78, 5) is 12.2. The van der Waals surface area contributed by atoms with Crippen molar-refractivity contribution in [1.29, 1.82) is 0 Å². The van der Waals surface area contributed by atoms with Crippen LogP contribution in [0, 0.1) is 0 Å². The van der Waals surface area contributed by atoms with Gasteiger partial charge in [-0.15, -0.1) is 10.2 Å². The first-order valence-corrected chi connectivity index (χ1v) is 8.41. The van der Waals surface area contributed by atoms with Crippen LogP contribution < -0.4 is 19.5 Å². The fourth-order valence-electron chi connectivity index (χ4n) is 2.54. The van der Waals surface area contributed by atoms with Gasteiger partial charge in [-0.1, -0.05) is 18.2 Å². The number of hydrogen-bond acceptors (Lipinski definition) is 7. The fourth-order valence-corrected chi connectivity index (χ4v) is 2.54. The first-order chi connectivity index (χ1) is 13.2. The molecule has 2 heterocycles. The summed E-state index contributed by atoms with van der Waals surface area (Å²) in [5, 5.41) is 10.6. The third-order valence-corrected chi connectivity index (χ3v) is 3.93. The quantitative estimate of drug-likeness (QED) is 0.715. The Morgan fingerprint density at radius 3 is 2.81 bits per heavy atom. The summed E-state index contributed by atoms with van der Waals surface area (Å²) < 4.78 is 21.8. The molecule has 1 aliphatic heterocycles. The number of carbonyl (C=O) groups is 1. The van der Waals surface area contributed by atoms with Crippen LogP contribution in [-0.4, -0.2) is 29.0 Å². The van der Waals surface area contributed by atoms with E-state index in [-0.39, 0.29) is 19.2 Å². The Bertz CT molecular complexity index is 942. The Morgan fingerprint density at radius 1 is 1.15 bits per heavy atom. The number of fused-ring (bicyclic) bond motifs is 1. The van der Waals surface area contributed by atoms with Crippen molar-refractivity contribution in [2.24, 2.45) is 0 Å². The summed E-state index contributed by atoms with van der Waals surface area (Å²) in [6, 6.07) is 14.6. The average molecular weight is 367 g/mol. The maximum Gasteiger partial charge on any atom is 0.261 e. The van der Waals surface area contributed by atoms with Crippen LogP contribution in [-0.2, 0) is 11.3 Å². The minimum absolute atomic E-state index is 0.119. The second-order valence-electron chi connectivity index (χ2n) is 5.86. The number of amides is 1. The number of ether oxygens (including phenoxy) is 3. The Labute approximate surface area is 155 Å². The monoisotopic (exact) mass is 367 g/mol. The molecule has 0 bridgehead atoms. The lowest BCUT2D eigenvalue weighted by atomic mass is 10.2. The molecule has 1 aliphatic rings. The normalized spacial score (nSPS) is 13.2. The summed E-state index contributed by atoms with van der Waals surface area (Å²) in [5.41, 5.74) is 0.821. The molecule has 138 valence electrons. The van der Waals surface area contributed by atoms with Gasteiger partial charge in [-0.2, -0.15) is 0 Å². The van der Waals surface area contributed by atoms with E-state index in [1.54, 1.807) is 25.1 Å². The zero-order valence-corrected chi connectivity index (χ0v) is 14.5. The molecule has 3 aromatic rings. The summed E-state index contributed by atoms with van der Waals surface area (Å²) in [5.74, 6) is 2.20. The van der Waals surface area contributed by atoms with Crippen molar-refractivity contribution in [1.82, 2.24) is 15.5 Å². The molecule has 0 radical (unpaired) electrons. The summed E-state index contributed by atoms with van der Waals surface area (Å²) in [6.45, 7) is 1.96. The van der Waals surface area contributed by atoms with Gasteiger partial charge in [0.05, 0.1) is 6.54 Å². The highest BCUT2D eigenvalue weighted by molar-refractivity contribution is 5.80. The van der Waals surface area contributed by atoms with Crippen molar-refractivity contribution >= 4 is 5.91 Å². The van der Waals surface area contributed by atoms with Gasteiger partial charge in [0.1, 0.15) is 5.75 Å². The van der Waals surface area contributed by atoms with Crippen molar-refractivity contribution in [3.05, 3.63) is 54.4 Å². The lowest BCUT2D eigenvalue weighted by Crippen LogP contribution is -2.36. The van der Waals surface area contributed by atoms with Crippen molar-refractivity contribution in [3.8, 4) is 28.7 Å². The third-order valence-electron chi connectivity index (χ3n) is 3.93. The summed E-state index contributed by atoms with van der Waals surface area (Å²) in [7, 11) is 0. The van der Waals surface area contributed by atoms with Gasteiger partial charge in [0.15, 0.2) is 17.6 Å². The molecule has 0 aliphatic carbocycles. The first kappa shape index (κ1) is 16.9. The van der Waals surface area contributed by atoms with Crippen LogP contribution in [0.1, 0.15) is 12.8 Å². The van der Waals surface area contributed by atoms with Gasteiger partial charge < -0.3 is 23.9 Å². The maximum absolute atomic E-state index is 12.2. The largest absolute Gasteiger partial charge is 0.481 e. The molecule has 0 spiro atoms. The Morgan fingerprint density at radius 2 is 1.96 bits per heavy atom. The second kappa shape index (κ2) is 7.36. The molecule has 27 heavy (non-hydrogen) atoms. The average Bonchev–Trinajstić information content (AvgIpc) is 3.35. The van der Waals surface area contributed by atoms with Crippen LogP contribution in [0.4, 0.5) is 0 Å². The van der Waals surface area contributed by atoms with E-state index >= 15 is 0 Å². The van der Waals surface area contributed by atoms with Crippen LogP contribution in [0.25, 0.3) is 11.5 Å². The highest BCUT2D eigenvalue weighted by Gasteiger charge is 2.19. The van der Waals surface area contributed by atoms with Crippen LogP contribution in [0.3, 0.4) is 0 Å². The van der Waals surface area contributed by atoms with E-state index in [1.165, 1.54) is 0 Å². The lowest BCUT2D eigenvalue weighted by Gasteiger charge is -2.14. The van der Waals surface area contributed by atoms with Gasteiger partial charge in [0.2, 0.25) is 18.6 Å². The predicted octanol–water partition coefficient (Wildman–Crippen LogP) is 2.55. The number of nitrogens with one attached hydrogen (secondary N) is 1. The number of carbonyl (C=O) groups excluding carboxylic acids is 1. The lowest BCUT2D eigenvalue weighted by molar-refractivity contribution is -0.127. The maximum atomic E-state index is 12.2. The number of benzene rings is 2. The van der Waals surface area contributed by atoms with E-state index in [4.69, 9.17) is 18.6 Å². The molecule has 0 unspecified atom stereocenters. The summed E-state index contributed by atoms with van der Waals surface area (Å²) in [6.07, 6.45) is -0.707. The fraction of sp³-hybridized carbons (Fsp3) is 0.211. The van der Waals surface area contributed by atoms with Gasteiger partial charge in [0, 0.05) is 11.6 Å². The Balaban J connectivity index is 1.32. The molecule has 1 aromatic heterocycles. The standard InChI is InChI=1S/C19H17N3O5/c1-12(26-14-7-8-15-16(9-14)25-11-24-15)18(23)20-10-17-21-22-19(27-17)13-5-3-2-4-6-13/h2-9,12H,10-11H2,1H3,(H,20,23)/t12-/m0/s1. The van der Waals surface area contributed by atoms with Gasteiger partial charge in [-0.05, 0) is 31.2 Å². The number of rotatable bonds is 6. The molecule has 1 atom stereocenters. The van der Waals surface area contributed by atoms with Crippen LogP contribution in [0.2, 0.25) is 0 Å². The molecule has 0 saturated heterocycles. The van der Waals surface area contributed by atoms with E-state index in [0.717, 1.165) is 5.56 Å². The molecule has 8 heteroatoms. The topological polar surface area (TPSA) is 95.7 Å². The smallest absolute Gasteiger partial charge is 0.261 e. The van der Waals surface area contributed by atoms with Crippen LogP contribution in [0.15, 0.2) is 52.9 Å². The molecule has 0 saturated carbocycles. The van der Waals surface area contributed by atoms with Crippen molar-refractivity contribution in [2.45, 2.75) is 19.6 Å². The van der Waals surface area contributed by atoms with E-state index in [9.17, 15) is 4.79 Å². The van der Waals surface area contributed by atoms with E-state index in [0.29, 0.717) is 29.0 Å². The molecule has 1 N–H and O–H groups in total. The molecular formula is C19H17N3O5. The van der Waals surface area contributed by atoms with E-state index in [1.807, 2.05) is 30.3 Å². The minimum atomic E-state index is -0.707. The second-order valence-corrected chi connectivity index (χ2v) is 5.86. The molecule has 0 fully saturated rings. The zero-order valence-electron chi connectivity index (χ0n) is 14.5. The first-order valence-electron chi connectivity index (χ1n) is 8.41. The predicted molar refractivity (Wildman–Crippen MR) is 94.2 cm³/mol. The van der Waals surface area contributed by atoms with Crippen LogP contribution in [0.5, 0.6) is 17.2 Å². The Kier molecular flexibility index (Phi) is 4.61. The van der Waals surface area contributed by atoms with Crippen molar-refractivity contribution in [3.63, 3.8) is 0 Å². The van der Waals surface area contributed by atoms with Gasteiger partial charge >= 0.3 is 0 Å². The van der Waals surface area contributed by atoms with E-state index < -0.39 is 6.10 Å². The Hall–Kier alpha value is -3.55. The van der Waals surface area contributed by atoms with Gasteiger partial charge in [-0.3, -0.25) is 4.79 Å². The SMILES string of the molecule is C[C@H](Oc1ccc2c(c1)OCO2)C(=O)NCc1nnc(-c2ccccc2)o1. The van der Waals surface area contributed by atoms with Crippen LogP contribution >= 0.6 is 0 Å². The van der Waals surface area contributed by atoms with Crippen molar-refractivity contribution in [2.75, 3.05) is 6.79 Å². The number of nitrogens with zero attached hydrogens (tertiary/aromatic N) is 2. The minimum Gasteiger partial charge on any atom is -0.481 e. The highest BCUT2D eigenvalue weighted by atomic mass is 16.7.